The van der Waals surface area contributed by atoms with Crippen molar-refractivity contribution in [3.05, 3.63) is 131 Å². The second kappa shape index (κ2) is 15.4. The van der Waals surface area contributed by atoms with Crippen molar-refractivity contribution in [2.75, 3.05) is 5.32 Å². The predicted molar refractivity (Wildman–Crippen MR) is 181 cm³/mol. The van der Waals surface area contributed by atoms with Crippen LogP contribution in [-0.2, 0) is 27.3 Å². The van der Waals surface area contributed by atoms with Crippen molar-refractivity contribution < 1.29 is 33.9 Å². The number of carbonyl (C=O) groups excluding carboxylic acids is 2. The average molecular weight is 668 g/mol. The van der Waals surface area contributed by atoms with E-state index in [1.54, 1.807) is 41.3 Å². The zero-order chi connectivity index (χ0) is 34.2. The standard InChI is InChI=1S/C37H34ClN3O7/c1-23(41(33(42)19-28(37(46)47)20-34(43)44)21-24-11-12-25-7-5-6-8-27(25)17-24)32(26-13-15-30(38)16-14-26)18-29-22-48-40-35(29)36(45)39-31-9-3-2-4-10-31/h2-17,22-23,28,32H,18-21H2,1H3,(H,39,45)(H,43,44)(H,46,47). The van der Waals surface area contributed by atoms with Gasteiger partial charge in [-0.15, -0.1) is 0 Å². The van der Waals surface area contributed by atoms with E-state index in [1.165, 1.54) is 6.26 Å². The van der Waals surface area contributed by atoms with Crippen LogP contribution in [0, 0.1) is 5.92 Å². The first-order chi connectivity index (χ1) is 23.1. The first-order valence-corrected chi connectivity index (χ1v) is 15.7. The maximum absolute atomic E-state index is 14.1. The fraction of sp³-hybridized carbons (Fsp3) is 0.216. The zero-order valence-corrected chi connectivity index (χ0v) is 26.8. The number of fused-ring (bicyclic) bond motifs is 1. The van der Waals surface area contributed by atoms with Crippen LogP contribution in [0.15, 0.2) is 108 Å². The fourth-order valence-corrected chi connectivity index (χ4v) is 5.94. The molecule has 5 aromatic rings. The summed E-state index contributed by atoms with van der Waals surface area (Å²) in [6, 6.07) is 29.1. The number of halogens is 1. The molecule has 0 saturated heterocycles. The van der Waals surface area contributed by atoms with E-state index in [4.69, 9.17) is 16.1 Å². The van der Waals surface area contributed by atoms with Crippen LogP contribution in [0.4, 0.5) is 5.69 Å². The minimum atomic E-state index is -1.42. The maximum Gasteiger partial charge on any atom is 0.307 e. The van der Waals surface area contributed by atoms with Gasteiger partial charge in [0.25, 0.3) is 5.91 Å². The number of amides is 2. The minimum Gasteiger partial charge on any atom is -0.481 e. The van der Waals surface area contributed by atoms with Gasteiger partial charge in [0.15, 0.2) is 5.69 Å². The van der Waals surface area contributed by atoms with Gasteiger partial charge in [-0.3, -0.25) is 19.2 Å². The van der Waals surface area contributed by atoms with E-state index in [-0.39, 0.29) is 18.7 Å². The van der Waals surface area contributed by atoms with Crippen LogP contribution in [-0.4, -0.2) is 50.1 Å². The Morgan fingerprint density at radius 3 is 2.25 bits per heavy atom. The van der Waals surface area contributed by atoms with Crippen molar-refractivity contribution in [2.45, 2.75) is 44.7 Å². The van der Waals surface area contributed by atoms with Crippen LogP contribution in [0.3, 0.4) is 0 Å². The lowest BCUT2D eigenvalue weighted by molar-refractivity contribution is -0.151. The van der Waals surface area contributed by atoms with Gasteiger partial charge in [-0.1, -0.05) is 83.5 Å². The fourth-order valence-electron chi connectivity index (χ4n) is 5.81. The zero-order valence-electron chi connectivity index (χ0n) is 26.1. The predicted octanol–water partition coefficient (Wildman–Crippen LogP) is 7.04. The van der Waals surface area contributed by atoms with Crippen LogP contribution in [0.1, 0.15) is 52.9 Å². The second-order valence-corrected chi connectivity index (χ2v) is 12.1. The summed E-state index contributed by atoms with van der Waals surface area (Å²) in [5.74, 6) is -5.52. The van der Waals surface area contributed by atoms with Gasteiger partial charge < -0.3 is 25.0 Å². The summed E-state index contributed by atoms with van der Waals surface area (Å²) in [5.41, 5.74) is 2.79. The molecule has 10 nitrogen and oxygen atoms in total. The number of benzene rings is 4. The Labute approximate surface area is 281 Å². The summed E-state index contributed by atoms with van der Waals surface area (Å²) >= 11 is 6.23. The van der Waals surface area contributed by atoms with Crippen molar-refractivity contribution in [1.82, 2.24) is 10.1 Å². The number of hydrogen-bond donors (Lipinski definition) is 3. The quantitative estimate of drug-likeness (QED) is 0.114. The van der Waals surface area contributed by atoms with E-state index in [2.05, 4.69) is 10.5 Å². The molecule has 0 saturated carbocycles. The van der Waals surface area contributed by atoms with Crippen molar-refractivity contribution in [1.29, 1.82) is 0 Å². The largest absolute Gasteiger partial charge is 0.481 e. The van der Waals surface area contributed by atoms with Gasteiger partial charge in [-0.2, -0.15) is 0 Å². The number of nitrogens with zero attached hydrogens (tertiary/aromatic N) is 2. The van der Waals surface area contributed by atoms with Gasteiger partial charge in [0.1, 0.15) is 6.26 Å². The Morgan fingerprint density at radius 1 is 0.875 bits per heavy atom. The van der Waals surface area contributed by atoms with Crippen LogP contribution in [0.25, 0.3) is 10.8 Å². The molecule has 0 radical (unpaired) electrons. The molecule has 11 heteroatoms. The number of rotatable bonds is 14. The number of aromatic nitrogens is 1. The first kappa shape index (κ1) is 33.9. The van der Waals surface area contributed by atoms with Gasteiger partial charge >= 0.3 is 11.9 Å². The highest BCUT2D eigenvalue weighted by Gasteiger charge is 2.34. The van der Waals surface area contributed by atoms with Crippen LogP contribution < -0.4 is 5.32 Å². The molecular weight excluding hydrogens is 634 g/mol. The summed E-state index contributed by atoms with van der Waals surface area (Å²) in [7, 11) is 0. The molecular formula is C37H34ClN3O7. The highest BCUT2D eigenvalue weighted by molar-refractivity contribution is 6.30. The number of nitrogens with one attached hydrogen (secondary N) is 1. The summed E-state index contributed by atoms with van der Waals surface area (Å²) in [5, 5.41) is 28.4. The molecule has 2 amide bonds. The molecule has 0 spiro atoms. The Morgan fingerprint density at radius 2 is 1.56 bits per heavy atom. The van der Waals surface area contributed by atoms with E-state index in [9.17, 15) is 29.4 Å². The third kappa shape index (κ3) is 8.45. The molecule has 1 heterocycles. The van der Waals surface area contributed by atoms with Crippen molar-refractivity contribution in [3.8, 4) is 0 Å². The molecule has 0 bridgehead atoms. The Kier molecular flexibility index (Phi) is 10.9. The van der Waals surface area contributed by atoms with Crippen molar-refractivity contribution in [2.24, 2.45) is 5.92 Å². The molecule has 0 aliphatic carbocycles. The highest BCUT2D eigenvalue weighted by Crippen LogP contribution is 2.32. The number of carbonyl (C=O) groups is 4. The number of para-hydroxylation sites is 1. The highest BCUT2D eigenvalue weighted by atomic mass is 35.5. The summed E-state index contributed by atoms with van der Waals surface area (Å²) in [4.78, 5) is 52.4. The molecule has 48 heavy (non-hydrogen) atoms. The van der Waals surface area contributed by atoms with Crippen molar-refractivity contribution in [3.63, 3.8) is 0 Å². The Balaban J connectivity index is 1.51. The molecule has 0 fully saturated rings. The van der Waals surface area contributed by atoms with Crippen molar-refractivity contribution >= 4 is 51.8 Å². The lowest BCUT2D eigenvalue weighted by Crippen LogP contribution is -2.43. The van der Waals surface area contributed by atoms with E-state index >= 15 is 0 Å². The molecule has 0 aliphatic rings. The lowest BCUT2D eigenvalue weighted by atomic mass is 9.85. The molecule has 246 valence electrons. The van der Waals surface area contributed by atoms with E-state index in [0.717, 1.165) is 21.9 Å². The summed E-state index contributed by atoms with van der Waals surface area (Å²) in [6.45, 7) is 1.97. The lowest BCUT2D eigenvalue weighted by Gasteiger charge is -2.36. The van der Waals surface area contributed by atoms with Crippen LogP contribution in [0.5, 0.6) is 0 Å². The Bertz CT molecular complexity index is 1910. The van der Waals surface area contributed by atoms with Crippen LogP contribution >= 0.6 is 11.6 Å². The molecule has 3 N–H and O–H groups in total. The first-order valence-electron chi connectivity index (χ1n) is 15.4. The van der Waals surface area contributed by atoms with E-state index in [1.807, 2.05) is 67.6 Å². The van der Waals surface area contributed by atoms with Gasteiger partial charge in [-0.05, 0) is 65.6 Å². The third-order valence-electron chi connectivity index (χ3n) is 8.38. The number of hydrogen-bond acceptors (Lipinski definition) is 6. The molecule has 3 unspecified atom stereocenters. The topological polar surface area (TPSA) is 150 Å². The Hall–Kier alpha value is -5.48. The monoisotopic (exact) mass is 667 g/mol. The summed E-state index contributed by atoms with van der Waals surface area (Å²) in [6.07, 6.45) is 0.423. The molecule has 4 aromatic carbocycles. The number of carboxylic acids is 2. The van der Waals surface area contributed by atoms with Gasteiger partial charge in [0.05, 0.1) is 12.3 Å². The average Bonchev–Trinajstić information content (AvgIpc) is 3.54. The molecule has 0 aliphatic heterocycles. The summed E-state index contributed by atoms with van der Waals surface area (Å²) < 4.78 is 5.27. The molecule has 3 atom stereocenters. The van der Waals surface area contributed by atoms with Gasteiger partial charge in [0, 0.05) is 41.2 Å². The number of aliphatic carboxylic acids is 2. The van der Waals surface area contributed by atoms with Gasteiger partial charge in [0.2, 0.25) is 5.91 Å². The molecule has 1 aromatic heterocycles. The number of anilines is 1. The molecule has 5 rings (SSSR count). The van der Waals surface area contributed by atoms with E-state index < -0.39 is 54.5 Å². The number of carboxylic acid groups (broad SMARTS) is 2. The normalized spacial score (nSPS) is 13.0. The third-order valence-corrected chi connectivity index (χ3v) is 8.63. The SMILES string of the molecule is CC(C(Cc1conc1C(=O)Nc1ccccc1)c1ccc(Cl)cc1)N(Cc1ccc2ccccc2c1)C(=O)CC(CC(=O)O)C(=O)O. The van der Waals surface area contributed by atoms with E-state index in [0.29, 0.717) is 16.3 Å². The second-order valence-electron chi connectivity index (χ2n) is 11.7. The smallest absolute Gasteiger partial charge is 0.307 e. The van der Waals surface area contributed by atoms with Gasteiger partial charge in [-0.25, -0.2) is 0 Å². The maximum atomic E-state index is 14.1. The minimum absolute atomic E-state index is 0.0878. The van der Waals surface area contributed by atoms with Crippen LogP contribution in [0.2, 0.25) is 5.02 Å².